The van der Waals surface area contributed by atoms with Crippen LogP contribution in [-0.2, 0) is 12.8 Å². The summed E-state index contributed by atoms with van der Waals surface area (Å²) >= 11 is 3.46. The van der Waals surface area contributed by atoms with Crippen molar-refractivity contribution in [2.24, 2.45) is 0 Å². The van der Waals surface area contributed by atoms with Crippen LogP contribution >= 0.6 is 15.9 Å². The van der Waals surface area contributed by atoms with E-state index < -0.39 is 0 Å². The molecule has 0 fully saturated rings. The number of aryl methyl sites for hydroxylation is 1. The lowest BCUT2D eigenvalue weighted by Gasteiger charge is -2.17. The average Bonchev–Trinajstić information content (AvgIpc) is 2.39. The van der Waals surface area contributed by atoms with E-state index in [1.54, 1.807) is 7.11 Å². The van der Waals surface area contributed by atoms with E-state index in [0.717, 1.165) is 52.7 Å². The molecule has 4 heteroatoms. The van der Waals surface area contributed by atoms with Crippen molar-refractivity contribution in [3.05, 3.63) is 38.1 Å². The fourth-order valence-corrected chi connectivity index (χ4v) is 3.18. The third-order valence-electron chi connectivity index (χ3n) is 3.58. The molecule has 18 heavy (non-hydrogen) atoms. The summed E-state index contributed by atoms with van der Waals surface area (Å²) in [5.41, 5.74) is 2.97. The summed E-state index contributed by atoms with van der Waals surface area (Å²) in [6.45, 7) is 0. The van der Waals surface area contributed by atoms with Crippen molar-refractivity contribution in [2.75, 3.05) is 7.11 Å². The van der Waals surface area contributed by atoms with Crippen LogP contribution < -0.4 is 10.2 Å². The third kappa shape index (κ3) is 1.67. The fourth-order valence-electron chi connectivity index (χ4n) is 2.67. The lowest BCUT2D eigenvalue weighted by atomic mass is 9.94. The molecule has 0 atom stereocenters. The average molecular weight is 308 g/mol. The minimum absolute atomic E-state index is 0.143. The number of aromatic nitrogens is 1. The van der Waals surface area contributed by atoms with Gasteiger partial charge in [0.2, 0.25) is 0 Å². The predicted octanol–water partition coefficient (Wildman–Crippen LogP) is 3.18. The number of fused-ring (bicyclic) bond motifs is 2. The van der Waals surface area contributed by atoms with Crippen LogP contribution in [0.25, 0.3) is 10.9 Å². The van der Waals surface area contributed by atoms with Gasteiger partial charge in [-0.3, -0.25) is 4.79 Å². The maximum absolute atomic E-state index is 12.6. The number of hydrogen-bond donors (Lipinski definition) is 1. The van der Waals surface area contributed by atoms with Crippen LogP contribution in [0.4, 0.5) is 0 Å². The highest BCUT2D eigenvalue weighted by molar-refractivity contribution is 9.10. The number of halogens is 1. The molecule has 3 rings (SSSR count). The van der Waals surface area contributed by atoms with Crippen LogP contribution in [0.3, 0.4) is 0 Å². The van der Waals surface area contributed by atoms with E-state index in [0.29, 0.717) is 5.39 Å². The van der Waals surface area contributed by atoms with Gasteiger partial charge in [0.05, 0.1) is 18.0 Å². The molecule has 0 spiro atoms. The van der Waals surface area contributed by atoms with Gasteiger partial charge in [-0.05, 0) is 53.7 Å². The minimum atomic E-state index is 0.143. The molecule has 0 amide bonds. The summed E-state index contributed by atoms with van der Waals surface area (Å²) in [5.74, 6) is 0.721. The Labute approximate surface area is 113 Å². The molecule has 0 aliphatic heterocycles. The minimum Gasteiger partial charge on any atom is -0.495 e. The van der Waals surface area contributed by atoms with Crippen LogP contribution in [0.5, 0.6) is 5.75 Å². The van der Waals surface area contributed by atoms with Gasteiger partial charge in [-0.1, -0.05) is 0 Å². The Morgan fingerprint density at radius 2 is 2.06 bits per heavy atom. The van der Waals surface area contributed by atoms with Crippen LogP contribution in [0, 0.1) is 0 Å². The molecule has 94 valence electrons. The molecular weight excluding hydrogens is 294 g/mol. The van der Waals surface area contributed by atoms with E-state index in [-0.39, 0.29) is 5.43 Å². The van der Waals surface area contributed by atoms with Gasteiger partial charge in [-0.15, -0.1) is 0 Å². The number of H-pyrrole nitrogens is 1. The van der Waals surface area contributed by atoms with Crippen LogP contribution in [0.15, 0.2) is 21.4 Å². The Hall–Kier alpha value is -1.29. The van der Waals surface area contributed by atoms with Crippen LogP contribution in [0.2, 0.25) is 0 Å². The highest BCUT2D eigenvalue weighted by Gasteiger charge is 2.18. The Balaban J connectivity index is 2.45. The lowest BCUT2D eigenvalue weighted by Crippen LogP contribution is -2.19. The monoisotopic (exact) mass is 307 g/mol. The van der Waals surface area contributed by atoms with Gasteiger partial charge >= 0.3 is 0 Å². The number of methoxy groups -OCH3 is 1. The molecule has 1 aromatic carbocycles. The van der Waals surface area contributed by atoms with Gasteiger partial charge in [0.15, 0.2) is 5.43 Å². The summed E-state index contributed by atoms with van der Waals surface area (Å²) in [6.07, 6.45) is 4.08. The molecule has 0 radical (unpaired) electrons. The van der Waals surface area contributed by atoms with E-state index in [4.69, 9.17) is 4.74 Å². The number of aromatic amines is 1. The normalized spacial score (nSPS) is 14.6. The van der Waals surface area contributed by atoms with E-state index in [2.05, 4.69) is 20.9 Å². The van der Waals surface area contributed by atoms with Gasteiger partial charge < -0.3 is 9.72 Å². The Kier molecular flexibility index (Phi) is 2.90. The van der Waals surface area contributed by atoms with Crippen molar-refractivity contribution in [1.29, 1.82) is 0 Å². The predicted molar refractivity (Wildman–Crippen MR) is 75.5 cm³/mol. The molecule has 1 aromatic heterocycles. The summed E-state index contributed by atoms with van der Waals surface area (Å²) < 4.78 is 6.16. The quantitative estimate of drug-likeness (QED) is 0.879. The number of hydrogen-bond acceptors (Lipinski definition) is 2. The topological polar surface area (TPSA) is 42.1 Å². The van der Waals surface area contributed by atoms with Crippen molar-refractivity contribution in [3.8, 4) is 5.75 Å². The van der Waals surface area contributed by atoms with Crippen molar-refractivity contribution >= 4 is 26.8 Å². The van der Waals surface area contributed by atoms with Crippen LogP contribution in [-0.4, -0.2) is 12.1 Å². The molecule has 2 aromatic rings. The number of pyridine rings is 1. The SMILES string of the molecule is COc1ccc(Br)c2c(=O)c3c([nH]c12)CCCC3. The van der Waals surface area contributed by atoms with E-state index in [1.165, 1.54) is 0 Å². The number of nitrogens with one attached hydrogen (secondary N) is 1. The lowest BCUT2D eigenvalue weighted by molar-refractivity contribution is 0.418. The zero-order valence-electron chi connectivity index (χ0n) is 10.2. The number of benzene rings is 1. The second kappa shape index (κ2) is 4.43. The molecule has 1 aliphatic rings. The molecule has 1 aliphatic carbocycles. The third-order valence-corrected chi connectivity index (χ3v) is 4.24. The molecule has 0 unspecified atom stereocenters. The maximum Gasteiger partial charge on any atom is 0.194 e. The fraction of sp³-hybridized carbons (Fsp3) is 0.357. The Morgan fingerprint density at radius 3 is 2.83 bits per heavy atom. The summed E-state index contributed by atoms with van der Waals surface area (Å²) in [4.78, 5) is 16.0. The van der Waals surface area contributed by atoms with E-state index >= 15 is 0 Å². The first-order valence-corrected chi connectivity index (χ1v) is 6.92. The molecule has 0 bridgehead atoms. The van der Waals surface area contributed by atoms with Crippen molar-refractivity contribution in [1.82, 2.24) is 4.98 Å². The van der Waals surface area contributed by atoms with Crippen molar-refractivity contribution in [2.45, 2.75) is 25.7 Å². The molecular formula is C14H14BrNO2. The van der Waals surface area contributed by atoms with Gasteiger partial charge in [-0.2, -0.15) is 0 Å². The summed E-state index contributed by atoms with van der Waals surface area (Å²) in [6, 6.07) is 3.74. The first kappa shape index (κ1) is 11.8. The van der Waals surface area contributed by atoms with Crippen molar-refractivity contribution < 1.29 is 4.74 Å². The van der Waals surface area contributed by atoms with Gasteiger partial charge in [0.25, 0.3) is 0 Å². The largest absolute Gasteiger partial charge is 0.495 e. The second-order valence-electron chi connectivity index (χ2n) is 4.62. The van der Waals surface area contributed by atoms with E-state index in [9.17, 15) is 4.79 Å². The smallest absolute Gasteiger partial charge is 0.194 e. The Morgan fingerprint density at radius 1 is 1.28 bits per heavy atom. The molecule has 0 saturated carbocycles. The zero-order valence-corrected chi connectivity index (χ0v) is 11.8. The van der Waals surface area contributed by atoms with Gasteiger partial charge in [-0.25, -0.2) is 0 Å². The second-order valence-corrected chi connectivity index (χ2v) is 5.47. The molecule has 1 N–H and O–H groups in total. The molecule has 1 heterocycles. The zero-order chi connectivity index (χ0) is 12.7. The standard InChI is InChI=1S/C14H14BrNO2/c1-18-11-7-6-9(15)12-13(11)16-10-5-3-2-4-8(10)14(12)17/h6-7H,2-5H2,1H3,(H,16,17). The highest BCUT2D eigenvalue weighted by Crippen LogP contribution is 2.30. The highest BCUT2D eigenvalue weighted by atomic mass is 79.9. The maximum atomic E-state index is 12.6. The van der Waals surface area contributed by atoms with Gasteiger partial charge in [0, 0.05) is 15.7 Å². The van der Waals surface area contributed by atoms with E-state index in [1.807, 2.05) is 12.1 Å². The van der Waals surface area contributed by atoms with Crippen molar-refractivity contribution in [3.63, 3.8) is 0 Å². The molecule has 3 nitrogen and oxygen atoms in total. The van der Waals surface area contributed by atoms with Gasteiger partial charge in [0.1, 0.15) is 5.75 Å². The van der Waals surface area contributed by atoms with Crippen LogP contribution in [0.1, 0.15) is 24.1 Å². The summed E-state index contributed by atoms with van der Waals surface area (Å²) in [7, 11) is 1.63. The first-order valence-electron chi connectivity index (χ1n) is 6.12. The molecule has 0 saturated heterocycles. The Bertz CT molecular complexity index is 676. The first-order chi connectivity index (χ1) is 8.72. The summed E-state index contributed by atoms with van der Waals surface area (Å²) in [5, 5.41) is 0.704. The number of ether oxygens (including phenoxy) is 1. The number of rotatable bonds is 1.